The van der Waals surface area contributed by atoms with E-state index in [1.54, 1.807) is 30.3 Å². The molecule has 1 atom stereocenters. The molecule has 1 N–H and O–H groups in total. The minimum atomic E-state index is -4.01. The summed E-state index contributed by atoms with van der Waals surface area (Å²) in [6, 6.07) is 20.6. The number of benzene rings is 3. The van der Waals surface area contributed by atoms with Gasteiger partial charge in [-0.25, -0.2) is 17.1 Å². The van der Waals surface area contributed by atoms with Gasteiger partial charge >= 0.3 is 0 Å². The van der Waals surface area contributed by atoms with E-state index in [1.165, 1.54) is 23.1 Å². The molecule has 5 rings (SSSR count). The molecule has 0 unspecified atom stereocenters. The first-order valence-electron chi connectivity index (χ1n) is 14.3. The van der Waals surface area contributed by atoms with Crippen molar-refractivity contribution in [3.8, 4) is 0 Å². The maximum atomic E-state index is 14.8. The van der Waals surface area contributed by atoms with Gasteiger partial charge in [0, 0.05) is 37.5 Å². The second-order valence-corrected chi connectivity index (χ2v) is 12.6. The Balaban J connectivity index is 1.38. The molecule has 1 aliphatic carbocycles. The Morgan fingerprint density at radius 3 is 2.33 bits per heavy atom. The van der Waals surface area contributed by atoms with Crippen LogP contribution in [0.25, 0.3) is 0 Å². The third-order valence-electron chi connectivity index (χ3n) is 7.94. The summed E-state index contributed by atoms with van der Waals surface area (Å²) < 4.78 is 41.5. The molecule has 3 aromatic rings. The number of carbonyl (C=O) groups is 3. The maximum Gasteiger partial charge on any atom is 0.269 e. The topological polar surface area (TPSA) is 104 Å². The normalized spacial score (nSPS) is 16.7. The van der Waals surface area contributed by atoms with Crippen molar-refractivity contribution in [1.82, 2.24) is 14.5 Å². The second-order valence-electron chi connectivity index (χ2n) is 10.8. The number of amides is 3. The van der Waals surface area contributed by atoms with Crippen LogP contribution in [-0.2, 0) is 32.6 Å². The average Bonchev–Trinajstić information content (AvgIpc) is 3.57. The summed E-state index contributed by atoms with van der Waals surface area (Å²) in [7, 11) is -4.01. The fourth-order valence-electron chi connectivity index (χ4n) is 5.70. The molecule has 1 heterocycles. The van der Waals surface area contributed by atoms with Crippen molar-refractivity contribution in [1.29, 1.82) is 0 Å². The lowest BCUT2D eigenvalue weighted by atomic mass is 10.0. The van der Waals surface area contributed by atoms with E-state index in [1.807, 2.05) is 30.3 Å². The van der Waals surface area contributed by atoms with Crippen LogP contribution in [0.3, 0.4) is 0 Å². The molecule has 0 bridgehead atoms. The van der Waals surface area contributed by atoms with Crippen molar-refractivity contribution in [2.24, 2.45) is 0 Å². The van der Waals surface area contributed by atoms with Crippen LogP contribution < -0.4 is 5.32 Å². The minimum Gasteiger partial charge on any atom is -0.352 e. The molecule has 0 saturated heterocycles. The SMILES string of the molecule is O=C(NC1CCCC1)[C@H](Cc1ccccc1)N(Cc1ccccc1F)C(=O)CCCN1C(=O)c2ccccc2S1(=O)=O. The lowest BCUT2D eigenvalue weighted by Gasteiger charge is -2.32. The second kappa shape index (κ2) is 12.9. The number of carbonyl (C=O) groups excluding carboxylic acids is 3. The Morgan fingerprint density at radius 2 is 1.62 bits per heavy atom. The molecule has 0 radical (unpaired) electrons. The van der Waals surface area contributed by atoms with Gasteiger partial charge in [0.2, 0.25) is 11.8 Å². The fourth-order valence-corrected chi connectivity index (χ4v) is 7.31. The van der Waals surface area contributed by atoms with Crippen LogP contribution in [0.1, 0.15) is 60.0 Å². The third kappa shape index (κ3) is 6.38. The van der Waals surface area contributed by atoms with Crippen LogP contribution in [-0.4, -0.2) is 54.0 Å². The molecule has 2 aliphatic rings. The van der Waals surface area contributed by atoms with Crippen molar-refractivity contribution < 1.29 is 27.2 Å². The Kier molecular flexibility index (Phi) is 9.01. The van der Waals surface area contributed by atoms with Crippen LogP contribution in [0.2, 0.25) is 0 Å². The van der Waals surface area contributed by atoms with Gasteiger partial charge in [-0.15, -0.1) is 0 Å². The summed E-state index contributed by atoms with van der Waals surface area (Å²) in [5.41, 5.74) is 1.23. The Labute approximate surface area is 245 Å². The van der Waals surface area contributed by atoms with Gasteiger partial charge in [0.1, 0.15) is 16.8 Å². The number of rotatable bonds is 11. The van der Waals surface area contributed by atoms with E-state index in [2.05, 4.69) is 5.32 Å². The first-order valence-corrected chi connectivity index (χ1v) is 15.7. The van der Waals surface area contributed by atoms with Gasteiger partial charge in [-0.3, -0.25) is 14.4 Å². The highest BCUT2D eigenvalue weighted by atomic mass is 32.2. The number of hydrogen-bond acceptors (Lipinski definition) is 5. The number of nitrogens with zero attached hydrogens (tertiary/aromatic N) is 2. The van der Waals surface area contributed by atoms with E-state index in [0.717, 1.165) is 35.6 Å². The van der Waals surface area contributed by atoms with Crippen molar-refractivity contribution in [2.75, 3.05) is 6.54 Å². The zero-order valence-electron chi connectivity index (χ0n) is 23.2. The Hall–Kier alpha value is -4.05. The molecule has 3 amide bonds. The van der Waals surface area contributed by atoms with Crippen molar-refractivity contribution in [2.45, 2.75) is 68.5 Å². The molecule has 10 heteroatoms. The summed E-state index contributed by atoms with van der Waals surface area (Å²) in [5.74, 6) is -1.85. The van der Waals surface area contributed by atoms with E-state index in [9.17, 15) is 27.2 Å². The predicted octanol–water partition coefficient (Wildman–Crippen LogP) is 4.45. The highest BCUT2D eigenvalue weighted by Crippen LogP contribution is 2.30. The quantitative estimate of drug-likeness (QED) is 0.355. The standard InChI is InChI=1S/C32H34FN3O5S/c33-27-17-8-4-13-24(27)22-35(28(21-23-11-2-1-3-12-23)31(38)34-25-14-5-6-15-25)30(37)19-10-20-36-32(39)26-16-7-9-18-29(26)42(36,40)41/h1-4,7-9,11-13,16-18,25,28H,5-6,10,14-15,19-22H2,(H,34,38)/t28-/m0/s1. The van der Waals surface area contributed by atoms with Crippen LogP contribution in [0, 0.1) is 5.82 Å². The fraction of sp³-hybridized carbons (Fsp3) is 0.344. The largest absolute Gasteiger partial charge is 0.352 e. The number of halogens is 1. The zero-order chi connectivity index (χ0) is 29.7. The van der Waals surface area contributed by atoms with Crippen molar-refractivity contribution >= 4 is 27.7 Å². The van der Waals surface area contributed by atoms with Gasteiger partial charge in [0.15, 0.2) is 0 Å². The lowest BCUT2D eigenvalue weighted by Crippen LogP contribution is -2.52. The molecule has 0 aromatic heterocycles. The molecule has 3 aromatic carbocycles. The molecular weight excluding hydrogens is 557 g/mol. The van der Waals surface area contributed by atoms with E-state index >= 15 is 0 Å². The van der Waals surface area contributed by atoms with E-state index in [4.69, 9.17) is 0 Å². The highest BCUT2D eigenvalue weighted by molar-refractivity contribution is 7.90. The lowest BCUT2D eigenvalue weighted by molar-refractivity contribution is -0.141. The van der Waals surface area contributed by atoms with Gasteiger partial charge in [0.25, 0.3) is 15.9 Å². The van der Waals surface area contributed by atoms with Crippen LogP contribution in [0.4, 0.5) is 4.39 Å². The molecular formula is C32H34FN3O5S. The Morgan fingerprint density at radius 1 is 0.952 bits per heavy atom. The molecule has 0 spiro atoms. The van der Waals surface area contributed by atoms with Gasteiger partial charge in [0.05, 0.1) is 5.56 Å². The molecule has 1 fully saturated rings. The van der Waals surface area contributed by atoms with Gasteiger partial charge in [-0.05, 0) is 43.0 Å². The molecule has 42 heavy (non-hydrogen) atoms. The summed E-state index contributed by atoms with van der Waals surface area (Å²) in [5, 5.41) is 3.10. The number of sulfonamides is 1. The average molecular weight is 592 g/mol. The number of hydrogen-bond donors (Lipinski definition) is 1. The van der Waals surface area contributed by atoms with Gasteiger partial charge in [-0.1, -0.05) is 73.5 Å². The minimum absolute atomic E-state index is 0.0224. The van der Waals surface area contributed by atoms with E-state index in [0.29, 0.717) is 0 Å². The molecule has 220 valence electrons. The third-order valence-corrected chi connectivity index (χ3v) is 9.78. The summed E-state index contributed by atoms with van der Waals surface area (Å²) in [6.45, 7) is -0.319. The van der Waals surface area contributed by atoms with Crippen molar-refractivity contribution in [3.63, 3.8) is 0 Å². The highest BCUT2D eigenvalue weighted by Gasteiger charge is 2.40. The van der Waals surface area contributed by atoms with Gasteiger partial charge in [-0.2, -0.15) is 0 Å². The van der Waals surface area contributed by atoms with Crippen LogP contribution in [0.15, 0.2) is 83.8 Å². The summed E-state index contributed by atoms with van der Waals surface area (Å²) >= 11 is 0. The monoisotopic (exact) mass is 591 g/mol. The molecule has 1 saturated carbocycles. The first-order chi connectivity index (χ1) is 20.3. The van der Waals surface area contributed by atoms with Crippen LogP contribution in [0.5, 0.6) is 0 Å². The number of nitrogens with one attached hydrogen (secondary N) is 1. The molecule has 1 aliphatic heterocycles. The summed E-state index contributed by atoms with van der Waals surface area (Å²) in [6.07, 6.45) is 3.92. The predicted molar refractivity (Wildman–Crippen MR) is 155 cm³/mol. The summed E-state index contributed by atoms with van der Waals surface area (Å²) in [4.78, 5) is 41.7. The van der Waals surface area contributed by atoms with Crippen molar-refractivity contribution in [3.05, 3.63) is 101 Å². The Bertz CT molecular complexity index is 1560. The van der Waals surface area contributed by atoms with E-state index in [-0.39, 0.29) is 60.3 Å². The van der Waals surface area contributed by atoms with E-state index < -0.39 is 33.7 Å². The van der Waals surface area contributed by atoms with Gasteiger partial charge < -0.3 is 10.2 Å². The maximum absolute atomic E-state index is 14.8. The smallest absolute Gasteiger partial charge is 0.269 e. The zero-order valence-corrected chi connectivity index (χ0v) is 24.1. The first kappa shape index (κ1) is 29.4. The number of fused-ring (bicyclic) bond motifs is 1. The molecule has 8 nitrogen and oxygen atoms in total. The van der Waals surface area contributed by atoms with Crippen LogP contribution >= 0.6 is 0 Å².